The average molecular weight is 855 g/mol. The standard InChI is InChI=1S/C39H44F6N8O5.ClH/c1-53(2)17-4-18-58-31-16-13-28(22-47-31)27-6-3-5-24(19-27)20-30(49-33(54)26-9-7-23(21-46)8-10-26)34(55)48-29-14-11-25(12-15-29)32-50-35(52-51-32)37(40,41)39(44,45)38(42,43)36(56)57;/h3,5-6,11-16,19,22-23,26,30H,4,7-10,17-18,20-21,46H2,1-2H3,(H,48,55)(H,49,54)(H,56,57)(H,50,51,52);1H/t23-,26-,30-;/m0./s1. The van der Waals surface area contributed by atoms with Gasteiger partial charge in [0.25, 0.3) is 0 Å². The van der Waals surface area contributed by atoms with E-state index in [0.717, 1.165) is 42.5 Å². The molecule has 0 bridgehead atoms. The van der Waals surface area contributed by atoms with Crippen LogP contribution in [-0.2, 0) is 26.7 Å². The first-order valence-electron chi connectivity index (χ1n) is 18.5. The SMILES string of the molecule is CN(C)CCCOc1ccc(-c2cccc(C[C@H](NC(=O)[C@H]3CC[C@H](CN)CC3)C(=O)Nc3ccc(-c4nc(C(F)(F)C(F)(F)C(F)(F)C(=O)O)n[nH]4)cc3)c2)cn1.Cl. The van der Waals surface area contributed by atoms with Crippen molar-refractivity contribution in [1.82, 2.24) is 30.4 Å². The van der Waals surface area contributed by atoms with Crippen molar-refractivity contribution in [1.29, 1.82) is 0 Å². The summed E-state index contributed by atoms with van der Waals surface area (Å²) in [6.45, 7) is 1.93. The normalized spacial score (nSPS) is 16.5. The molecule has 2 heterocycles. The van der Waals surface area contributed by atoms with E-state index in [9.17, 15) is 40.7 Å². The summed E-state index contributed by atoms with van der Waals surface area (Å²) >= 11 is 0. The predicted octanol–water partition coefficient (Wildman–Crippen LogP) is 6.16. The van der Waals surface area contributed by atoms with Crippen LogP contribution in [0.25, 0.3) is 22.5 Å². The number of H-pyrrole nitrogens is 1. The lowest BCUT2D eigenvalue weighted by Gasteiger charge is -2.28. The summed E-state index contributed by atoms with van der Waals surface area (Å²) in [6.07, 6.45) is 5.45. The Hall–Kier alpha value is -5.27. The maximum absolute atomic E-state index is 14.5. The monoisotopic (exact) mass is 854 g/mol. The molecule has 13 nitrogen and oxygen atoms in total. The third kappa shape index (κ3) is 11.1. The molecule has 4 aromatic rings. The Labute approximate surface area is 341 Å². The van der Waals surface area contributed by atoms with Gasteiger partial charge in [0.2, 0.25) is 23.5 Å². The first-order chi connectivity index (χ1) is 27.4. The summed E-state index contributed by atoms with van der Waals surface area (Å²) in [7, 11) is 3.97. The van der Waals surface area contributed by atoms with Gasteiger partial charge in [-0.3, -0.25) is 14.7 Å². The summed E-state index contributed by atoms with van der Waals surface area (Å²) in [5.74, 6) is -24.7. The Morgan fingerprint density at radius 2 is 1.64 bits per heavy atom. The van der Waals surface area contributed by atoms with Crippen LogP contribution in [0.2, 0.25) is 0 Å². The van der Waals surface area contributed by atoms with Gasteiger partial charge in [-0.25, -0.2) is 14.8 Å². The number of aromatic nitrogens is 4. The Morgan fingerprint density at radius 3 is 2.25 bits per heavy atom. The molecule has 2 amide bonds. The van der Waals surface area contributed by atoms with Gasteiger partial charge < -0.3 is 31.1 Å². The summed E-state index contributed by atoms with van der Waals surface area (Å²) in [5, 5.41) is 18.9. The molecule has 1 atom stereocenters. The molecule has 2 aromatic heterocycles. The van der Waals surface area contributed by atoms with E-state index < -0.39 is 47.3 Å². The number of carbonyl (C=O) groups excluding carboxylic acids is 2. The van der Waals surface area contributed by atoms with Gasteiger partial charge in [-0.1, -0.05) is 24.3 Å². The highest BCUT2D eigenvalue weighted by atomic mass is 35.5. The van der Waals surface area contributed by atoms with Crippen molar-refractivity contribution in [2.75, 3.05) is 39.1 Å². The number of nitrogens with two attached hydrogens (primary N) is 1. The van der Waals surface area contributed by atoms with Crippen LogP contribution in [0.1, 0.15) is 43.5 Å². The van der Waals surface area contributed by atoms with E-state index in [1.165, 1.54) is 24.3 Å². The van der Waals surface area contributed by atoms with Crippen molar-refractivity contribution >= 4 is 35.9 Å². The van der Waals surface area contributed by atoms with E-state index in [1.54, 1.807) is 12.3 Å². The number of amides is 2. The second-order valence-corrected chi connectivity index (χ2v) is 14.4. The quantitative estimate of drug-likeness (QED) is 0.0573. The number of carboxylic acids is 1. The van der Waals surface area contributed by atoms with E-state index in [1.807, 2.05) is 49.5 Å². The number of ether oxygens (including phenoxy) is 1. The Bertz CT molecular complexity index is 2030. The first kappa shape index (κ1) is 46.4. The minimum Gasteiger partial charge on any atom is -0.478 e. The van der Waals surface area contributed by atoms with Gasteiger partial charge in [0, 0.05) is 48.0 Å². The van der Waals surface area contributed by atoms with E-state index in [4.69, 9.17) is 15.6 Å². The third-order valence-corrected chi connectivity index (χ3v) is 9.87. The highest BCUT2D eigenvalue weighted by molar-refractivity contribution is 5.97. The zero-order chi connectivity index (χ0) is 42.3. The number of anilines is 1. The van der Waals surface area contributed by atoms with Gasteiger partial charge in [-0.15, -0.1) is 12.4 Å². The number of benzene rings is 2. The smallest absolute Gasteiger partial charge is 0.411 e. The summed E-state index contributed by atoms with van der Waals surface area (Å²) in [5.41, 5.74) is 8.35. The minimum absolute atomic E-state index is 0. The van der Waals surface area contributed by atoms with Gasteiger partial charge >= 0.3 is 23.7 Å². The fourth-order valence-corrected chi connectivity index (χ4v) is 6.41. The molecule has 0 radical (unpaired) electrons. The number of aliphatic carboxylic acids is 1. The molecule has 0 spiro atoms. The molecule has 0 unspecified atom stereocenters. The van der Waals surface area contributed by atoms with Crippen molar-refractivity contribution in [3.8, 4) is 28.4 Å². The third-order valence-electron chi connectivity index (χ3n) is 9.87. The van der Waals surface area contributed by atoms with Crippen molar-refractivity contribution in [3.05, 3.63) is 78.2 Å². The number of nitrogens with zero attached hydrogens (tertiary/aromatic N) is 4. The number of nitrogens with one attached hydrogen (secondary N) is 3. The molecule has 59 heavy (non-hydrogen) atoms. The summed E-state index contributed by atoms with van der Waals surface area (Å²) in [6, 6.07) is 15.2. The second-order valence-electron chi connectivity index (χ2n) is 14.4. The zero-order valence-corrected chi connectivity index (χ0v) is 32.9. The number of halogens is 7. The molecule has 20 heteroatoms. The lowest BCUT2D eigenvalue weighted by atomic mass is 9.81. The highest BCUT2D eigenvalue weighted by Crippen LogP contribution is 2.50. The van der Waals surface area contributed by atoms with Gasteiger partial charge in [0.15, 0.2) is 5.82 Å². The molecule has 1 fully saturated rings. The van der Waals surface area contributed by atoms with E-state index in [-0.39, 0.29) is 41.9 Å². The zero-order valence-electron chi connectivity index (χ0n) is 32.1. The Morgan fingerprint density at radius 1 is 0.966 bits per heavy atom. The number of pyridine rings is 1. The predicted molar refractivity (Wildman–Crippen MR) is 208 cm³/mol. The number of aromatic amines is 1. The van der Waals surface area contributed by atoms with Crippen LogP contribution >= 0.6 is 12.4 Å². The largest absolute Gasteiger partial charge is 0.478 e. The van der Waals surface area contributed by atoms with E-state index in [0.29, 0.717) is 37.8 Å². The van der Waals surface area contributed by atoms with Crippen LogP contribution in [-0.4, -0.2) is 99.6 Å². The van der Waals surface area contributed by atoms with Gasteiger partial charge in [-0.05, 0) is 100 Å². The fraction of sp³-hybridized carbons (Fsp3) is 0.436. The molecular formula is C39H45ClF6N8O5. The number of hydrogen-bond acceptors (Lipinski definition) is 9. The molecule has 1 aliphatic carbocycles. The number of alkyl halides is 6. The lowest BCUT2D eigenvalue weighted by Crippen LogP contribution is -2.56. The molecular weight excluding hydrogens is 810 g/mol. The lowest BCUT2D eigenvalue weighted by molar-refractivity contribution is -0.311. The van der Waals surface area contributed by atoms with Crippen LogP contribution in [0, 0.1) is 11.8 Å². The van der Waals surface area contributed by atoms with Crippen LogP contribution in [0.5, 0.6) is 5.88 Å². The van der Waals surface area contributed by atoms with Crippen molar-refractivity contribution < 1.29 is 50.6 Å². The summed E-state index contributed by atoms with van der Waals surface area (Å²) < 4.78 is 89.8. The van der Waals surface area contributed by atoms with Crippen LogP contribution in [0.3, 0.4) is 0 Å². The van der Waals surface area contributed by atoms with E-state index in [2.05, 4.69) is 30.6 Å². The maximum Gasteiger partial charge on any atom is 0.411 e. The number of carbonyl (C=O) groups is 3. The number of carboxylic acid groups (broad SMARTS) is 1. The van der Waals surface area contributed by atoms with Gasteiger partial charge in [0.05, 0.1) is 6.61 Å². The molecule has 320 valence electrons. The Balaban J connectivity index is 0.00000769. The minimum atomic E-state index is -6.37. The molecule has 0 saturated heterocycles. The highest BCUT2D eigenvalue weighted by Gasteiger charge is 2.77. The number of rotatable bonds is 18. The molecule has 6 N–H and O–H groups in total. The van der Waals surface area contributed by atoms with Gasteiger partial charge in [-0.2, -0.15) is 31.4 Å². The average Bonchev–Trinajstić information content (AvgIpc) is 3.71. The summed E-state index contributed by atoms with van der Waals surface area (Å²) in [4.78, 5) is 47.6. The van der Waals surface area contributed by atoms with Crippen molar-refractivity contribution in [2.24, 2.45) is 17.6 Å². The maximum atomic E-state index is 14.5. The second kappa shape index (κ2) is 19.7. The molecule has 1 aliphatic rings. The van der Waals surface area contributed by atoms with E-state index >= 15 is 0 Å². The first-order valence-corrected chi connectivity index (χ1v) is 18.5. The molecule has 2 aromatic carbocycles. The van der Waals surface area contributed by atoms with Crippen LogP contribution < -0.4 is 21.1 Å². The van der Waals surface area contributed by atoms with Crippen molar-refractivity contribution in [3.63, 3.8) is 0 Å². The Kier molecular flexibility index (Phi) is 15.5. The molecule has 1 saturated carbocycles. The van der Waals surface area contributed by atoms with Crippen LogP contribution in [0.4, 0.5) is 32.0 Å². The van der Waals surface area contributed by atoms with Crippen molar-refractivity contribution in [2.45, 2.75) is 62.3 Å². The fourth-order valence-electron chi connectivity index (χ4n) is 6.41. The molecule has 5 rings (SSSR count). The topological polar surface area (TPSA) is 188 Å². The molecule has 0 aliphatic heterocycles. The van der Waals surface area contributed by atoms with Gasteiger partial charge in [0.1, 0.15) is 6.04 Å². The number of hydrogen-bond donors (Lipinski definition) is 5. The van der Waals surface area contributed by atoms with Crippen LogP contribution in [0.15, 0.2) is 66.9 Å².